The monoisotopic (exact) mass is 288 g/mol. The minimum absolute atomic E-state index is 0.127. The Hall–Kier alpha value is -2.32. The number of aliphatic hydroxyl groups is 1. The van der Waals surface area contributed by atoms with Gasteiger partial charge < -0.3 is 15.7 Å². The van der Waals surface area contributed by atoms with Crippen molar-refractivity contribution in [1.29, 1.82) is 0 Å². The first-order valence-electron chi connectivity index (χ1n) is 6.61. The quantitative estimate of drug-likeness (QED) is 0.707. The number of hydrogen-bond donors (Lipinski definition) is 3. The van der Waals surface area contributed by atoms with Crippen molar-refractivity contribution >= 4 is 11.8 Å². The first kappa shape index (κ1) is 16.7. The van der Waals surface area contributed by atoms with Crippen LogP contribution in [-0.4, -0.2) is 37.1 Å². The highest BCUT2D eigenvalue weighted by molar-refractivity contribution is 5.94. The molecule has 0 aromatic heterocycles. The summed E-state index contributed by atoms with van der Waals surface area (Å²) in [6.07, 6.45) is 0. The minimum atomic E-state index is -0.670. The Kier molecular flexibility index (Phi) is 5.94. The van der Waals surface area contributed by atoms with E-state index in [9.17, 15) is 9.59 Å². The van der Waals surface area contributed by atoms with Crippen molar-refractivity contribution < 1.29 is 14.7 Å². The Morgan fingerprint density at radius 1 is 1.24 bits per heavy atom. The van der Waals surface area contributed by atoms with E-state index in [1.54, 1.807) is 45.2 Å². The van der Waals surface area contributed by atoms with E-state index in [1.165, 1.54) is 0 Å². The van der Waals surface area contributed by atoms with E-state index >= 15 is 0 Å². The molecule has 2 amide bonds. The van der Waals surface area contributed by atoms with Crippen LogP contribution in [0.4, 0.5) is 0 Å². The fourth-order valence-electron chi connectivity index (χ4n) is 1.67. The molecule has 0 radical (unpaired) electrons. The van der Waals surface area contributed by atoms with Gasteiger partial charge in [-0.2, -0.15) is 0 Å². The summed E-state index contributed by atoms with van der Waals surface area (Å²) in [6.45, 7) is 3.58. The Balaban J connectivity index is 2.66. The van der Waals surface area contributed by atoms with Gasteiger partial charge in [0.25, 0.3) is 5.91 Å². The van der Waals surface area contributed by atoms with Crippen LogP contribution in [0.3, 0.4) is 0 Å². The van der Waals surface area contributed by atoms with Crippen molar-refractivity contribution in [1.82, 2.24) is 10.6 Å². The van der Waals surface area contributed by atoms with Crippen molar-refractivity contribution in [3.05, 3.63) is 35.4 Å². The van der Waals surface area contributed by atoms with E-state index in [-0.39, 0.29) is 25.0 Å². The number of benzene rings is 1. The van der Waals surface area contributed by atoms with Gasteiger partial charge in [-0.15, -0.1) is 0 Å². The van der Waals surface area contributed by atoms with Crippen LogP contribution < -0.4 is 10.6 Å². The first-order chi connectivity index (χ1) is 9.90. The molecule has 1 aromatic rings. The van der Waals surface area contributed by atoms with Gasteiger partial charge in [-0.3, -0.25) is 9.59 Å². The predicted octanol–water partition coefficient (Wildman–Crippen LogP) is 0.532. The van der Waals surface area contributed by atoms with E-state index in [4.69, 9.17) is 5.11 Å². The molecule has 0 atom stereocenters. The molecule has 0 saturated heterocycles. The van der Waals surface area contributed by atoms with E-state index in [0.29, 0.717) is 5.56 Å². The lowest BCUT2D eigenvalue weighted by molar-refractivity contribution is -0.128. The van der Waals surface area contributed by atoms with Gasteiger partial charge in [-0.05, 0) is 38.1 Å². The molecule has 0 fully saturated rings. The van der Waals surface area contributed by atoms with Crippen LogP contribution in [0.5, 0.6) is 0 Å². The molecule has 3 N–H and O–H groups in total. The maximum Gasteiger partial charge on any atom is 0.251 e. The molecule has 5 nitrogen and oxygen atoms in total. The summed E-state index contributed by atoms with van der Waals surface area (Å²) in [6, 6.07) is 6.73. The Labute approximate surface area is 124 Å². The van der Waals surface area contributed by atoms with Gasteiger partial charge in [0.2, 0.25) is 5.91 Å². The summed E-state index contributed by atoms with van der Waals surface area (Å²) >= 11 is 0. The van der Waals surface area contributed by atoms with Crippen molar-refractivity contribution in [2.75, 3.05) is 20.2 Å². The molecule has 112 valence electrons. The van der Waals surface area contributed by atoms with Gasteiger partial charge in [0.05, 0.1) is 5.41 Å². The molecule has 0 aliphatic carbocycles. The molecular formula is C16H20N2O3. The maximum atomic E-state index is 12.0. The van der Waals surface area contributed by atoms with Crippen LogP contribution in [0.1, 0.15) is 29.8 Å². The van der Waals surface area contributed by atoms with E-state index in [2.05, 4.69) is 22.5 Å². The summed E-state index contributed by atoms with van der Waals surface area (Å²) in [5.41, 5.74) is 0.556. The van der Waals surface area contributed by atoms with Crippen LogP contribution in [-0.2, 0) is 4.79 Å². The van der Waals surface area contributed by atoms with Crippen LogP contribution in [0, 0.1) is 17.3 Å². The standard InChI is InChI=1S/C16H20N2O3/c1-16(2,15(21)17-3)11-18-14(20)13-8-6-12(7-9-13)5-4-10-19/h6-9,19H,10-11H2,1-3H3,(H,17,21)(H,18,20). The second-order valence-corrected chi connectivity index (χ2v) is 5.18. The van der Waals surface area contributed by atoms with Crippen LogP contribution in [0.15, 0.2) is 24.3 Å². The van der Waals surface area contributed by atoms with Gasteiger partial charge >= 0.3 is 0 Å². The number of rotatable bonds is 4. The lowest BCUT2D eigenvalue weighted by Crippen LogP contribution is -2.43. The highest BCUT2D eigenvalue weighted by atomic mass is 16.2. The fourth-order valence-corrected chi connectivity index (χ4v) is 1.67. The maximum absolute atomic E-state index is 12.0. The Morgan fingerprint density at radius 2 is 1.86 bits per heavy atom. The third kappa shape index (κ3) is 4.93. The first-order valence-corrected chi connectivity index (χ1v) is 6.61. The number of amides is 2. The molecule has 0 spiro atoms. The molecule has 1 aromatic carbocycles. The van der Waals surface area contributed by atoms with Crippen molar-refractivity contribution in [3.63, 3.8) is 0 Å². The average Bonchev–Trinajstić information content (AvgIpc) is 2.50. The largest absolute Gasteiger partial charge is 0.384 e. The fraction of sp³-hybridized carbons (Fsp3) is 0.375. The number of carbonyl (C=O) groups is 2. The molecule has 5 heteroatoms. The Morgan fingerprint density at radius 3 is 2.38 bits per heavy atom. The second kappa shape index (κ2) is 7.46. The third-order valence-electron chi connectivity index (χ3n) is 2.99. The molecule has 0 bridgehead atoms. The number of hydrogen-bond acceptors (Lipinski definition) is 3. The van der Waals surface area contributed by atoms with Crippen LogP contribution in [0.25, 0.3) is 0 Å². The zero-order valence-electron chi connectivity index (χ0n) is 12.5. The van der Waals surface area contributed by atoms with E-state index in [1.807, 2.05) is 0 Å². The summed E-state index contributed by atoms with van der Waals surface area (Å²) in [4.78, 5) is 23.6. The van der Waals surface area contributed by atoms with Crippen LogP contribution in [0.2, 0.25) is 0 Å². The number of carbonyl (C=O) groups excluding carboxylic acids is 2. The highest BCUT2D eigenvalue weighted by Gasteiger charge is 2.27. The van der Waals surface area contributed by atoms with Crippen molar-refractivity contribution in [2.45, 2.75) is 13.8 Å². The molecule has 0 heterocycles. The van der Waals surface area contributed by atoms with Crippen molar-refractivity contribution in [2.24, 2.45) is 5.41 Å². The molecule has 0 unspecified atom stereocenters. The van der Waals surface area contributed by atoms with Gasteiger partial charge in [0, 0.05) is 24.7 Å². The number of aliphatic hydroxyl groups excluding tert-OH is 1. The zero-order valence-corrected chi connectivity index (χ0v) is 12.5. The van der Waals surface area contributed by atoms with E-state index in [0.717, 1.165) is 5.56 Å². The average molecular weight is 288 g/mol. The zero-order chi connectivity index (χ0) is 15.9. The molecular weight excluding hydrogens is 268 g/mol. The predicted molar refractivity (Wildman–Crippen MR) is 80.6 cm³/mol. The topological polar surface area (TPSA) is 78.4 Å². The lowest BCUT2D eigenvalue weighted by atomic mass is 9.92. The number of nitrogens with one attached hydrogen (secondary N) is 2. The molecule has 1 rings (SSSR count). The molecule has 0 aliphatic rings. The lowest BCUT2D eigenvalue weighted by Gasteiger charge is -2.22. The van der Waals surface area contributed by atoms with Crippen molar-refractivity contribution in [3.8, 4) is 11.8 Å². The summed E-state index contributed by atoms with van der Waals surface area (Å²) in [7, 11) is 1.57. The van der Waals surface area contributed by atoms with Gasteiger partial charge in [-0.1, -0.05) is 11.8 Å². The third-order valence-corrected chi connectivity index (χ3v) is 2.99. The molecule has 0 saturated carbocycles. The second-order valence-electron chi connectivity index (χ2n) is 5.18. The normalized spacial score (nSPS) is 10.3. The molecule has 21 heavy (non-hydrogen) atoms. The van der Waals surface area contributed by atoms with Gasteiger partial charge in [0.15, 0.2) is 0 Å². The molecule has 0 aliphatic heterocycles. The van der Waals surface area contributed by atoms with E-state index < -0.39 is 5.41 Å². The van der Waals surface area contributed by atoms with Gasteiger partial charge in [-0.25, -0.2) is 0 Å². The summed E-state index contributed by atoms with van der Waals surface area (Å²) < 4.78 is 0. The minimum Gasteiger partial charge on any atom is -0.384 e. The Bertz CT molecular complexity index is 565. The summed E-state index contributed by atoms with van der Waals surface area (Å²) in [5.74, 6) is 4.92. The van der Waals surface area contributed by atoms with Crippen LogP contribution >= 0.6 is 0 Å². The summed E-state index contributed by atoms with van der Waals surface area (Å²) in [5, 5.41) is 13.9. The van der Waals surface area contributed by atoms with Gasteiger partial charge in [0.1, 0.15) is 6.61 Å². The smallest absolute Gasteiger partial charge is 0.251 e. The highest BCUT2D eigenvalue weighted by Crippen LogP contribution is 2.13. The SMILES string of the molecule is CNC(=O)C(C)(C)CNC(=O)c1ccc(C#CCO)cc1.